The standard InChI is InChI=1S/C16H29NO4/c1-4-6-7-8-9-10-11-13-20-15(18)14(3)17-16(19)21-12-5-2/h5,14H,2,4,6-13H2,1,3H3,(H,17,19). The van der Waals surface area contributed by atoms with Gasteiger partial charge in [0.25, 0.3) is 0 Å². The van der Waals surface area contributed by atoms with Crippen LogP contribution in [-0.2, 0) is 14.3 Å². The van der Waals surface area contributed by atoms with Crippen molar-refractivity contribution in [2.24, 2.45) is 0 Å². The van der Waals surface area contributed by atoms with Gasteiger partial charge in [-0.05, 0) is 13.3 Å². The smallest absolute Gasteiger partial charge is 0.408 e. The lowest BCUT2D eigenvalue weighted by molar-refractivity contribution is -0.145. The number of rotatable bonds is 12. The van der Waals surface area contributed by atoms with Crippen LogP contribution in [0, 0.1) is 0 Å². The summed E-state index contributed by atoms with van der Waals surface area (Å²) >= 11 is 0. The SMILES string of the molecule is C=CCOC(=O)NC(C)C(=O)OCCCCCCCCC. The third kappa shape index (κ3) is 12.0. The lowest BCUT2D eigenvalue weighted by Gasteiger charge is -2.13. The average molecular weight is 299 g/mol. The van der Waals surface area contributed by atoms with E-state index in [1.807, 2.05) is 0 Å². The summed E-state index contributed by atoms with van der Waals surface area (Å²) < 4.78 is 9.83. The Labute approximate surface area is 128 Å². The van der Waals surface area contributed by atoms with Crippen molar-refractivity contribution < 1.29 is 19.1 Å². The molecule has 1 N–H and O–H groups in total. The second-order valence-electron chi connectivity index (χ2n) is 5.04. The minimum atomic E-state index is -0.702. The van der Waals surface area contributed by atoms with Crippen LogP contribution >= 0.6 is 0 Å². The van der Waals surface area contributed by atoms with E-state index in [1.54, 1.807) is 6.92 Å². The number of carbonyl (C=O) groups is 2. The van der Waals surface area contributed by atoms with E-state index < -0.39 is 18.1 Å². The van der Waals surface area contributed by atoms with E-state index in [4.69, 9.17) is 9.47 Å². The fraction of sp³-hybridized carbons (Fsp3) is 0.750. The van der Waals surface area contributed by atoms with E-state index in [0.717, 1.165) is 12.8 Å². The maximum Gasteiger partial charge on any atom is 0.408 e. The van der Waals surface area contributed by atoms with Crippen molar-refractivity contribution in [2.75, 3.05) is 13.2 Å². The lowest BCUT2D eigenvalue weighted by atomic mass is 10.1. The summed E-state index contributed by atoms with van der Waals surface area (Å²) in [5.74, 6) is -0.434. The molecule has 1 unspecified atom stereocenters. The topological polar surface area (TPSA) is 64.6 Å². The molecule has 1 atom stereocenters. The van der Waals surface area contributed by atoms with Gasteiger partial charge in [-0.2, -0.15) is 0 Å². The molecule has 0 aromatic carbocycles. The molecule has 0 aliphatic carbocycles. The third-order valence-electron chi connectivity index (χ3n) is 3.01. The van der Waals surface area contributed by atoms with E-state index in [-0.39, 0.29) is 6.61 Å². The Morgan fingerprint density at radius 1 is 1.10 bits per heavy atom. The molecular formula is C16H29NO4. The molecule has 0 bridgehead atoms. The number of nitrogens with one attached hydrogen (secondary N) is 1. The number of unbranched alkanes of at least 4 members (excludes halogenated alkanes) is 6. The van der Waals surface area contributed by atoms with Gasteiger partial charge >= 0.3 is 12.1 Å². The number of hydrogen-bond donors (Lipinski definition) is 1. The molecule has 5 heteroatoms. The molecule has 0 aromatic rings. The van der Waals surface area contributed by atoms with Crippen LogP contribution in [0.4, 0.5) is 4.79 Å². The Morgan fingerprint density at radius 3 is 2.33 bits per heavy atom. The Hall–Kier alpha value is -1.52. The summed E-state index contributed by atoms with van der Waals surface area (Å²) in [6, 6.07) is -0.702. The molecule has 0 fully saturated rings. The van der Waals surface area contributed by atoms with Gasteiger partial charge in [0.05, 0.1) is 6.61 Å². The second-order valence-corrected chi connectivity index (χ2v) is 5.04. The summed E-state index contributed by atoms with van der Waals surface area (Å²) in [5.41, 5.74) is 0. The van der Waals surface area contributed by atoms with Crippen molar-refractivity contribution in [3.63, 3.8) is 0 Å². The van der Waals surface area contributed by atoms with Gasteiger partial charge in [0, 0.05) is 0 Å². The number of amides is 1. The molecule has 0 saturated heterocycles. The molecule has 0 saturated carbocycles. The van der Waals surface area contributed by atoms with Crippen molar-refractivity contribution in [3.05, 3.63) is 12.7 Å². The highest BCUT2D eigenvalue weighted by Gasteiger charge is 2.17. The van der Waals surface area contributed by atoms with E-state index in [1.165, 1.54) is 38.2 Å². The minimum Gasteiger partial charge on any atom is -0.464 e. The first kappa shape index (κ1) is 19.5. The van der Waals surface area contributed by atoms with Crippen LogP contribution in [0.15, 0.2) is 12.7 Å². The maximum atomic E-state index is 11.6. The first-order chi connectivity index (χ1) is 10.1. The number of hydrogen-bond acceptors (Lipinski definition) is 4. The van der Waals surface area contributed by atoms with Crippen LogP contribution in [0.25, 0.3) is 0 Å². The van der Waals surface area contributed by atoms with Crippen molar-refractivity contribution in [2.45, 2.75) is 64.8 Å². The highest BCUT2D eigenvalue weighted by atomic mass is 16.6. The highest BCUT2D eigenvalue weighted by Crippen LogP contribution is 2.07. The van der Waals surface area contributed by atoms with Gasteiger partial charge in [0.1, 0.15) is 12.6 Å². The van der Waals surface area contributed by atoms with Gasteiger partial charge in [-0.25, -0.2) is 9.59 Å². The molecule has 0 rings (SSSR count). The fourth-order valence-electron chi connectivity index (χ4n) is 1.77. The lowest BCUT2D eigenvalue weighted by Crippen LogP contribution is -2.40. The molecule has 0 aromatic heterocycles. The van der Waals surface area contributed by atoms with Crippen LogP contribution in [0.1, 0.15) is 58.8 Å². The zero-order valence-corrected chi connectivity index (χ0v) is 13.4. The predicted octanol–water partition coefficient (Wildman–Crippen LogP) is 3.58. The number of esters is 1. The van der Waals surface area contributed by atoms with Gasteiger partial charge in [-0.3, -0.25) is 0 Å². The Balaban J connectivity index is 3.55. The van der Waals surface area contributed by atoms with Crippen molar-refractivity contribution in [3.8, 4) is 0 Å². The van der Waals surface area contributed by atoms with Gasteiger partial charge in [0.15, 0.2) is 0 Å². The number of ether oxygens (including phenoxy) is 2. The van der Waals surface area contributed by atoms with E-state index in [9.17, 15) is 9.59 Å². The molecule has 0 radical (unpaired) electrons. The normalized spacial score (nSPS) is 11.5. The summed E-state index contributed by atoms with van der Waals surface area (Å²) in [4.78, 5) is 22.8. The van der Waals surface area contributed by atoms with Gasteiger partial charge in [0.2, 0.25) is 0 Å². The fourth-order valence-corrected chi connectivity index (χ4v) is 1.77. The largest absolute Gasteiger partial charge is 0.464 e. The molecule has 122 valence electrons. The average Bonchev–Trinajstić information content (AvgIpc) is 2.47. The molecule has 5 nitrogen and oxygen atoms in total. The summed E-state index contributed by atoms with van der Waals surface area (Å²) in [5, 5.41) is 2.41. The Bertz CT molecular complexity index is 305. The highest BCUT2D eigenvalue weighted by molar-refractivity contribution is 5.80. The zero-order valence-electron chi connectivity index (χ0n) is 13.4. The molecule has 0 aliphatic rings. The molecule has 1 amide bonds. The van der Waals surface area contributed by atoms with E-state index >= 15 is 0 Å². The minimum absolute atomic E-state index is 0.117. The number of carbonyl (C=O) groups excluding carboxylic acids is 2. The van der Waals surface area contributed by atoms with Crippen molar-refractivity contribution >= 4 is 12.1 Å². The van der Waals surface area contributed by atoms with Crippen molar-refractivity contribution in [1.29, 1.82) is 0 Å². The monoisotopic (exact) mass is 299 g/mol. The van der Waals surface area contributed by atoms with E-state index in [0.29, 0.717) is 6.61 Å². The molecule has 0 spiro atoms. The quantitative estimate of drug-likeness (QED) is 0.340. The van der Waals surface area contributed by atoms with E-state index in [2.05, 4.69) is 18.8 Å². The Morgan fingerprint density at radius 2 is 1.71 bits per heavy atom. The zero-order chi connectivity index (χ0) is 15.9. The van der Waals surface area contributed by atoms with Gasteiger partial charge in [-0.15, -0.1) is 0 Å². The van der Waals surface area contributed by atoms with Crippen LogP contribution in [-0.4, -0.2) is 31.3 Å². The first-order valence-corrected chi connectivity index (χ1v) is 7.82. The van der Waals surface area contributed by atoms with Crippen LogP contribution in [0.3, 0.4) is 0 Å². The summed E-state index contributed by atoms with van der Waals surface area (Å²) in [6.45, 7) is 7.72. The van der Waals surface area contributed by atoms with Crippen LogP contribution in [0.2, 0.25) is 0 Å². The van der Waals surface area contributed by atoms with Crippen LogP contribution in [0.5, 0.6) is 0 Å². The Kier molecular flexibility index (Phi) is 12.5. The first-order valence-electron chi connectivity index (χ1n) is 7.82. The van der Waals surface area contributed by atoms with Crippen LogP contribution < -0.4 is 5.32 Å². The maximum absolute atomic E-state index is 11.6. The molecule has 0 aliphatic heterocycles. The van der Waals surface area contributed by atoms with Gasteiger partial charge in [-0.1, -0.05) is 58.1 Å². The predicted molar refractivity (Wildman–Crippen MR) is 83.1 cm³/mol. The summed E-state index contributed by atoms with van der Waals surface area (Å²) in [6.07, 6.45) is 9.00. The summed E-state index contributed by atoms with van der Waals surface area (Å²) in [7, 11) is 0. The van der Waals surface area contributed by atoms with Crippen molar-refractivity contribution in [1.82, 2.24) is 5.32 Å². The second kappa shape index (κ2) is 13.5. The molecule has 0 heterocycles. The third-order valence-corrected chi connectivity index (χ3v) is 3.01. The molecule has 21 heavy (non-hydrogen) atoms. The number of alkyl carbamates (subject to hydrolysis) is 1. The molecular weight excluding hydrogens is 270 g/mol. The van der Waals surface area contributed by atoms with Gasteiger partial charge < -0.3 is 14.8 Å².